The first-order valence-corrected chi connectivity index (χ1v) is 12.1. The van der Waals surface area contributed by atoms with E-state index in [0.717, 1.165) is 24.6 Å². The summed E-state index contributed by atoms with van der Waals surface area (Å²) >= 11 is 13.0. The first kappa shape index (κ1) is 24.1. The van der Waals surface area contributed by atoms with E-state index < -0.39 is 5.97 Å². The molecule has 2 N–H and O–H groups in total. The molecule has 1 fully saturated rings. The zero-order valence-corrected chi connectivity index (χ0v) is 20.8. The Morgan fingerprint density at radius 2 is 1.92 bits per heavy atom. The van der Waals surface area contributed by atoms with Crippen LogP contribution in [0.3, 0.4) is 0 Å². The predicted molar refractivity (Wildman–Crippen MR) is 140 cm³/mol. The van der Waals surface area contributed by atoms with Crippen molar-refractivity contribution < 1.29 is 19.2 Å². The van der Waals surface area contributed by atoms with Crippen LogP contribution in [-0.4, -0.2) is 52.4 Å². The van der Waals surface area contributed by atoms with Gasteiger partial charge in [-0.25, -0.2) is 4.79 Å². The first-order valence-electron chi connectivity index (χ1n) is 11.3. The summed E-state index contributed by atoms with van der Waals surface area (Å²) in [6.45, 7) is 4.12. The number of hydrogen-bond donors (Lipinski definition) is 2. The Balaban J connectivity index is 1.70. The van der Waals surface area contributed by atoms with Crippen molar-refractivity contribution in [3.8, 4) is 11.3 Å². The van der Waals surface area contributed by atoms with Gasteiger partial charge in [0.15, 0.2) is 0 Å². The molecule has 4 aromatic rings. The molecular formula is C26H22Cl2N4O4. The number of anilines is 1. The molecule has 2 aromatic heterocycles. The van der Waals surface area contributed by atoms with Crippen LogP contribution in [0.1, 0.15) is 22.8 Å². The largest absolute Gasteiger partial charge is 0.478 e. The van der Waals surface area contributed by atoms with E-state index in [1.807, 2.05) is 11.8 Å². The topological polar surface area (TPSA) is 101 Å². The molecule has 0 saturated carbocycles. The van der Waals surface area contributed by atoms with Gasteiger partial charge in [0.25, 0.3) is 5.91 Å². The van der Waals surface area contributed by atoms with Crippen molar-refractivity contribution in [2.75, 3.05) is 24.5 Å². The van der Waals surface area contributed by atoms with Gasteiger partial charge in [0.2, 0.25) is 5.88 Å². The molecule has 1 aliphatic heterocycles. The molecule has 8 nitrogen and oxygen atoms in total. The van der Waals surface area contributed by atoms with E-state index in [9.17, 15) is 9.59 Å². The van der Waals surface area contributed by atoms with Crippen molar-refractivity contribution in [2.45, 2.75) is 13.0 Å². The van der Waals surface area contributed by atoms with Crippen LogP contribution in [-0.2, 0) is 4.79 Å². The molecular weight excluding hydrogens is 503 g/mol. The molecule has 0 bridgehead atoms. The van der Waals surface area contributed by atoms with Gasteiger partial charge in [0.1, 0.15) is 11.3 Å². The van der Waals surface area contributed by atoms with Crippen molar-refractivity contribution in [1.29, 1.82) is 0 Å². The highest BCUT2D eigenvalue weighted by atomic mass is 35.5. The summed E-state index contributed by atoms with van der Waals surface area (Å²) in [7, 11) is 0. The standard InChI is InChI=1S/C26H22Cl2N4O4/c1-15-14-29-11-13-31(15)26-23(24(30-36-26)22-18(27)5-3-6-19(22)28)25(35)32-12-10-17-16(8-9-21(33)34)4-2-7-20(17)32/h2-10,12,15,29H,11,13-14H2,1H3,(H,33,34)/b9-8+/t15-/m1/s1. The third kappa shape index (κ3) is 4.28. The van der Waals surface area contributed by atoms with Gasteiger partial charge in [-0.3, -0.25) is 9.36 Å². The zero-order chi connectivity index (χ0) is 25.4. The van der Waals surface area contributed by atoms with Gasteiger partial charge in [-0.2, -0.15) is 0 Å². The zero-order valence-electron chi connectivity index (χ0n) is 19.2. The summed E-state index contributed by atoms with van der Waals surface area (Å²) in [6, 6.07) is 12.3. The third-order valence-electron chi connectivity index (χ3n) is 6.24. The second kappa shape index (κ2) is 9.81. The van der Waals surface area contributed by atoms with Crippen LogP contribution in [0.4, 0.5) is 5.88 Å². The number of aromatic nitrogens is 2. The smallest absolute Gasteiger partial charge is 0.328 e. The van der Waals surface area contributed by atoms with Gasteiger partial charge < -0.3 is 19.8 Å². The van der Waals surface area contributed by atoms with E-state index in [1.165, 1.54) is 10.6 Å². The fourth-order valence-electron chi connectivity index (χ4n) is 4.50. The Hall–Kier alpha value is -3.59. The lowest BCUT2D eigenvalue weighted by Gasteiger charge is -2.33. The molecule has 3 heterocycles. The molecule has 1 saturated heterocycles. The number of carbonyl (C=O) groups excluding carboxylic acids is 1. The molecule has 0 aliphatic carbocycles. The van der Waals surface area contributed by atoms with E-state index >= 15 is 0 Å². The number of aliphatic carboxylic acids is 1. The van der Waals surface area contributed by atoms with E-state index in [1.54, 1.807) is 48.7 Å². The average molecular weight is 525 g/mol. The number of carboxylic acid groups (broad SMARTS) is 1. The summed E-state index contributed by atoms with van der Waals surface area (Å²) < 4.78 is 7.31. The normalized spacial score (nSPS) is 16.2. The maximum atomic E-state index is 14.2. The number of halogens is 2. The summed E-state index contributed by atoms with van der Waals surface area (Å²) in [4.78, 5) is 27.2. The van der Waals surface area contributed by atoms with Crippen molar-refractivity contribution in [1.82, 2.24) is 15.0 Å². The van der Waals surface area contributed by atoms with Crippen LogP contribution < -0.4 is 10.2 Å². The number of rotatable bonds is 5. The van der Waals surface area contributed by atoms with E-state index in [0.29, 0.717) is 39.1 Å². The Kier molecular flexibility index (Phi) is 6.57. The second-order valence-corrected chi connectivity index (χ2v) is 9.31. The molecule has 0 spiro atoms. The maximum Gasteiger partial charge on any atom is 0.328 e. The molecule has 0 radical (unpaired) electrons. The fraction of sp³-hybridized carbons (Fsp3) is 0.192. The van der Waals surface area contributed by atoms with Gasteiger partial charge >= 0.3 is 5.97 Å². The molecule has 0 unspecified atom stereocenters. The lowest BCUT2D eigenvalue weighted by molar-refractivity contribution is -0.131. The Morgan fingerprint density at radius 3 is 2.64 bits per heavy atom. The van der Waals surface area contributed by atoms with Crippen LogP contribution in [0.25, 0.3) is 28.2 Å². The molecule has 10 heteroatoms. The molecule has 2 aromatic carbocycles. The predicted octanol–water partition coefficient (Wildman–Crippen LogP) is 5.19. The highest BCUT2D eigenvalue weighted by Crippen LogP contribution is 2.40. The molecule has 36 heavy (non-hydrogen) atoms. The minimum absolute atomic E-state index is 0.0574. The van der Waals surface area contributed by atoms with Crippen molar-refractivity contribution >= 4 is 57.9 Å². The number of carbonyl (C=O) groups is 2. The van der Waals surface area contributed by atoms with Gasteiger partial charge in [-0.05, 0) is 42.8 Å². The molecule has 1 atom stereocenters. The molecule has 1 aliphatic rings. The minimum Gasteiger partial charge on any atom is -0.478 e. The summed E-state index contributed by atoms with van der Waals surface area (Å²) in [5.74, 6) is -1.07. The number of nitrogens with one attached hydrogen (secondary N) is 1. The molecule has 184 valence electrons. The first-order chi connectivity index (χ1) is 17.4. The average Bonchev–Trinajstić information content (AvgIpc) is 3.48. The summed E-state index contributed by atoms with van der Waals surface area (Å²) in [5.41, 5.74) is 2.23. The number of hydrogen-bond acceptors (Lipinski definition) is 6. The van der Waals surface area contributed by atoms with E-state index in [4.69, 9.17) is 32.8 Å². The maximum absolute atomic E-state index is 14.2. The number of carboxylic acids is 1. The second-order valence-electron chi connectivity index (χ2n) is 8.50. The van der Waals surface area contributed by atoms with Crippen LogP contribution >= 0.6 is 23.2 Å². The van der Waals surface area contributed by atoms with Crippen molar-refractivity contribution in [2.24, 2.45) is 0 Å². The van der Waals surface area contributed by atoms with Crippen molar-refractivity contribution in [3.05, 3.63) is 75.9 Å². The Labute approximate surface area is 216 Å². The number of benzene rings is 2. The van der Waals surface area contributed by atoms with E-state index in [2.05, 4.69) is 10.5 Å². The van der Waals surface area contributed by atoms with Crippen LogP contribution in [0, 0.1) is 0 Å². The number of fused-ring (bicyclic) bond motifs is 1. The minimum atomic E-state index is -1.05. The SMILES string of the molecule is C[C@@H]1CNCCN1c1onc(-c2c(Cl)cccc2Cl)c1C(=O)n1ccc2c(/C=C/C(=O)O)cccc21. The summed E-state index contributed by atoms with van der Waals surface area (Å²) in [6.07, 6.45) is 4.22. The highest BCUT2D eigenvalue weighted by molar-refractivity contribution is 6.39. The van der Waals surface area contributed by atoms with Crippen LogP contribution in [0.5, 0.6) is 0 Å². The molecule has 0 amide bonds. The number of piperazine rings is 1. The van der Waals surface area contributed by atoms with Crippen molar-refractivity contribution in [3.63, 3.8) is 0 Å². The van der Waals surface area contributed by atoms with Gasteiger partial charge in [-0.15, -0.1) is 0 Å². The van der Waals surface area contributed by atoms with Crippen LogP contribution in [0.2, 0.25) is 10.0 Å². The highest BCUT2D eigenvalue weighted by Gasteiger charge is 2.33. The molecule has 5 rings (SSSR count). The van der Waals surface area contributed by atoms with Gasteiger partial charge in [-0.1, -0.05) is 46.6 Å². The Morgan fingerprint density at radius 1 is 1.17 bits per heavy atom. The third-order valence-corrected chi connectivity index (χ3v) is 6.87. The lowest BCUT2D eigenvalue weighted by atomic mass is 10.0. The monoisotopic (exact) mass is 524 g/mol. The fourth-order valence-corrected chi connectivity index (χ4v) is 5.08. The Bertz CT molecular complexity index is 1490. The van der Waals surface area contributed by atoms with Gasteiger partial charge in [0, 0.05) is 48.9 Å². The lowest BCUT2D eigenvalue weighted by Crippen LogP contribution is -2.50. The van der Waals surface area contributed by atoms with E-state index in [-0.39, 0.29) is 23.2 Å². The van der Waals surface area contributed by atoms with Gasteiger partial charge in [0.05, 0.1) is 15.6 Å². The van der Waals surface area contributed by atoms with Crippen LogP contribution in [0.15, 0.2) is 59.3 Å². The summed E-state index contributed by atoms with van der Waals surface area (Å²) in [5, 5.41) is 18.1. The number of nitrogens with zero attached hydrogens (tertiary/aromatic N) is 3. The quantitative estimate of drug-likeness (QED) is 0.346.